The Balaban J connectivity index is 1.84. The lowest BCUT2D eigenvalue weighted by molar-refractivity contribution is -0.118. The summed E-state index contributed by atoms with van der Waals surface area (Å²) in [7, 11) is -3.89. The van der Waals surface area contributed by atoms with Crippen LogP contribution >= 0.6 is 0 Å². The van der Waals surface area contributed by atoms with Crippen LogP contribution in [0.4, 0.5) is 0 Å². The van der Waals surface area contributed by atoms with Crippen molar-refractivity contribution in [3.63, 3.8) is 0 Å². The van der Waals surface area contributed by atoms with Gasteiger partial charge < -0.3 is 25.6 Å². The average Bonchev–Trinajstić information content (AvgIpc) is 3.46. The van der Waals surface area contributed by atoms with Crippen molar-refractivity contribution < 1.29 is 27.6 Å². The number of aryl methyl sites for hydroxylation is 2. The lowest BCUT2D eigenvalue weighted by Gasteiger charge is -2.14. The fourth-order valence-electron chi connectivity index (χ4n) is 4.67. The largest absolute Gasteiger partial charge is 0.374 e. The molecule has 0 radical (unpaired) electrons. The normalized spacial score (nSPS) is 15.2. The second-order valence-electron chi connectivity index (χ2n) is 8.63. The van der Waals surface area contributed by atoms with Gasteiger partial charge in [-0.15, -0.1) is 0 Å². The molecule has 3 heterocycles. The minimum absolute atomic E-state index is 0.0732. The van der Waals surface area contributed by atoms with E-state index in [1.807, 2.05) is 0 Å². The van der Waals surface area contributed by atoms with Gasteiger partial charge in [0.1, 0.15) is 18.5 Å². The molecule has 1 aliphatic rings. The molecule has 4 N–H and O–H groups in total. The fraction of sp³-hybridized carbons (Fsp3) is 0.261. The molecule has 2 aromatic heterocycles. The van der Waals surface area contributed by atoms with Crippen LogP contribution in [0, 0.1) is 13.8 Å². The van der Waals surface area contributed by atoms with E-state index in [9.17, 15) is 23.1 Å². The molecule has 11 nitrogen and oxygen atoms in total. The number of hydrogen-bond donors (Lipinski definition) is 3. The lowest BCUT2D eigenvalue weighted by atomic mass is 9.97. The molecule has 1 atom stereocenters. The number of hydrogen-bond acceptors (Lipinski definition) is 8. The van der Waals surface area contributed by atoms with Gasteiger partial charge in [0.25, 0.3) is 5.91 Å². The topological polar surface area (TPSA) is 161 Å². The van der Waals surface area contributed by atoms with Crippen LogP contribution in [0.3, 0.4) is 0 Å². The molecule has 35 heavy (non-hydrogen) atoms. The van der Waals surface area contributed by atoms with Gasteiger partial charge in [-0.1, -0.05) is 11.2 Å². The van der Waals surface area contributed by atoms with E-state index in [1.54, 1.807) is 38.1 Å². The Kier molecular flexibility index (Phi) is 5.20. The molecular formula is C23H23N5O6S. The van der Waals surface area contributed by atoms with Gasteiger partial charge in [-0.05, 0) is 43.7 Å². The maximum atomic E-state index is 13.0. The third-order valence-electron chi connectivity index (χ3n) is 6.16. The van der Waals surface area contributed by atoms with Crippen LogP contribution in [0.25, 0.3) is 32.9 Å². The van der Waals surface area contributed by atoms with Gasteiger partial charge in [-0.3, -0.25) is 9.59 Å². The van der Waals surface area contributed by atoms with Gasteiger partial charge in [0.2, 0.25) is 15.9 Å². The number of aliphatic hydroxyl groups excluding tert-OH is 1. The molecule has 12 heteroatoms. The zero-order valence-electron chi connectivity index (χ0n) is 19.2. The minimum atomic E-state index is -3.89. The SMILES string of the molecule is Cc1noc(C)c1-c1cc(C(N)O)c2c(c1)c1ccc(C(=O)N3CNC(=O)C3)cc1n2S(C)(=O)=O. The smallest absolute Gasteiger partial charge is 0.255 e. The van der Waals surface area contributed by atoms with Gasteiger partial charge in [0.05, 0.1) is 29.7 Å². The molecule has 2 amide bonds. The molecule has 0 bridgehead atoms. The Morgan fingerprint density at radius 2 is 1.97 bits per heavy atom. The second kappa shape index (κ2) is 7.90. The van der Waals surface area contributed by atoms with Crippen molar-refractivity contribution in [2.24, 2.45) is 5.73 Å². The van der Waals surface area contributed by atoms with Crippen molar-refractivity contribution in [1.29, 1.82) is 0 Å². The maximum Gasteiger partial charge on any atom is 0.255 e. The molecule has 1 saturated heterocycles. The quantitative estimate of drug-likeness (QED) is 0.356. The molecule has 0 saturated carbocycles. The van der Waals surface area contributed by atoms with E-state index in [1.165, 1.54) is 11.0 Å². The number of nitrogens with two attached hydrogens (primary N) is 1. The molecule has 0 aliphatic carbocycles. The number of benzene rings is 2. The third-order valence-corrected chi connectivity index (χ3v) is 7.20. The summed E-state index contributed by atoms with van der Waals surface area (Å²) < 4.78 is 32.3. The summed E-state index contributed by atoms with van der Waals surface area (Å²) >= 11 is 0. The zero-order chi connectivity index (χ0) is 25.2. The minimum Gasteiger partial charge on any atom is -0.374 e. The number of rotatable bonds is 4. The third kappa shape index (κ3) is 3.66. The van der Waals surface area contributed by atoms with Crippen LogP contribution in [0.15, 0.2) is 34.9 Å². The van der Waals surface area contributed by atoms with Gasteiger partial charge in [-0.25, -0.2) is 12.4 Å². The number of nitrogens with one attached hydrogen (secondary N) is 1. The summed E-state index contributed by atoms with van der Waals surface area (Å²) in [6.07, 6.45) is -0.441. The first-order valence-electron chi connectivity index (χ1n) is 10.7. The Morgan fingerprint density at radius 1 is 1.23 bits per heavy atom. The molecule has 2 aromatic carbocycles. The molecule has 1 aliphatic heterocycles. The summed E-state index contributed by atoms with van der Waals surface area (Å²) in [5, 5.41) is 18.1. The van der Waals surface area contributed by atoms with Gasteiger partial charge in [0.15, 0.2) is 0 Å². The van der Waals surface area contributed by atoms with Gasteiger partial charge in [-0.2, -0.15) is 0 Å². The maximum absolute atomic E-state index is 13.0. The lowest BCUT2D eigenvalue weighted by Crippen LogP contribution is -2.29. The van der Waals surface area contributed by atoms with E-state index < -0.39 is 22.2 Å². The molecule has 4 aromatic rings. The number of fused-ring (bicyclic) bond motifs is 3. The highest BCUT2D eigenvalue weighted by atomic mass is 32.2. The van der Waals surface area contributed by atoms with E-state index in [-0.39, 0.29) is 41.3 Å². The standard InChI is InChI=1S/C23H23N5O6S/c1-11-20(12(2)34-26-11)14-6-16-15-5-4-13(23(31)27-9-19(29)25-10-27)8-18(15)28(35(3,32)33)21(16)17(7-14)22(24)30/h4-8,22,30H,9-10,24H2,1-3H3,(H,25,29). The van der Waals surface area contributed by atoms with E-state index in [0.29, 0.717) is 33.4 Å². The van der Waals surface area contributed by atoms with E-state index in [2.05, 4.69) is 10.5 Å². The first kappa shape index (κ1) is 23.0. The number of carbonyl (C=O) groups excluding carboxylic acids is 2. The Labute approximate surface area is 200 Å². The number of nitrogens with zero attached hydrogens (tertiary/aromatic N) is 3. The number of amides is 2. The first-order chi connectivity index (χ1) is 16.5. The highest BCUT2D eigenvalue weighted by molar-refractivity contribution is 7.89. The van der Waals surface area contributed by atoms with Crippen LogP contribution in [0.2, 0.25) is 0 Å². The number of aliphatic hydroxyl groups is 1. The Hall–Kier alpha value is -3.74. The summed E-state index contributed by atoms with van der Waals surface area (Å²) in [6, 6.07) is 8.13. The number of aromatic nitrogens is 2. The molecule has 5 rings (SSSR count). The van der Waals surface area contributed by atoms with E-state index in [4.69, 9.17) is 10.3 Å². The van der Waals surface area contributed by atoms with Crippen molar-refractivity contribution in [1.82, 2.24) is 19.3 Å². The zero-order valence-corrected chi connectivity index (χ0v) is 20.0. The average molecular weight is 498 g/mol. The van der Waals surface area contributed by atoms with Crippen molar-refractivity contribution in [3.8, 4) is 11.1 Å². The Bertz CT molecular complexity index is 1630. The molecule has 1 fully saturated rings. The van der Waals surface area contributed by atoms with Crippen molar-refractivity contribution in [3.05, 3.63) is 52.9 Å². The Morgan fingerprint density at radius 3 is 2.54 bits per heavy atom. The summed E-state index contributed by atoms with van der Waals surface area (Å²) in [4.78, 5) is 25.9. The molecule has 182 valence electrons. The summed E-state index contributed by atoms with van der Waals surface area (Å²) in [5.41, 5.74) is 8.79. The first-order valence-corrected chi connectivity index (χ1v) is 12.6. The number of carbonyl (C=O) groups is 2. The molecule has 0 spiro atoms. The molecular weight excluding hydrogens is 474 g/mol. The van der Waals surface area contributed by atoms with E-state index >= 15 is 0 Å². The predicted molar refractivity (Wildman–Crippen MR) is 128 cm³/mol. The van der Waals surface area contributed by atoms with Crippen LogP contribution in [-0.4, -0.2) is 58.8 Å². The highest BCUT2D eigenvalue weighted by Crippen LogP contribution is 2.39. The van der Waals surface area contributed by atoms with Crippen LogP contribution in [0.5, 0.6) is 0 Å². The summed E-state index contributed by atoms with van der Waals surface area (Å²) in [6.45, 7) is 3.54. The molecule has 1 unspecified atom stereocenters. The van der Waals surface area contributed by atoms with Crippen LogP contribution in [-0.2, 0) is 14.8 Å². The van der Waals surface area contributed by atoms with Gasteiger partial charge >= 0.3 is 0 Å². The predicted octanol–water partition coefficient (Wildman–Crippen LogP) is 1.35. The second-order valence-corrected chi connectivity index (χ2v) is 10.5. The summed E-state index contributed by atoms with van der Waals surface area (Å²) in [5.74, 6) is -0.114. The highest BCUT2D eigenvalue weighted by Gasteiger charge is 2.28. The van der Waals surface area contributed by atoms with E-state index in [0.717, 1.165) is 10.2 Å². The van der Waals surface area contributed by atoms with Crippen molar-refractivity contribution in [2.45, 2.75) is 20.1 Å². The fourth-order valence-corrected chi connectivity index (χ4v) is 5.72. The monoisotopic (exact) mass is 497 g/mol. The van der Waals surface area contributed by atoms with Crippen LogP contribution in [0.1, 0.15) is 33.6 Å². The van der Waals surface area contributed by atoms with Crippen molar-refractivity contribution in [2.75, 3.05) is 19.5 Å². The van der Waals surface area contributed by atoms with Crippen molar-refractivity contribution >= 4 is 43.6 Å². The van der Waals surface area contributed by atoms with Crippen LogP contribution < -0.4 is 11.1 Å². The van der Waals surface area contributed by atoms with Gasteiger partial charge in [0, 0.05) is 27.5 Å².